The number of carbonyl (C=O) groups excluding carboxylic acids is 2. The molecule has 2 aromatic rings. The van der Waals surface area contributed by atoms with E-state index in [1.807, 2.05) is 0 Å². The van der Waals surface area contributed by atoms with E-state index < -0.39 is 29.1 Å². The molecule has 1 aliphatic carbocycles. The lowest BCUT2D eigenvalue weighted by Gasteiger charge is -2.18. The summed E-state index contributed by atoms with van der Waals surface area (Å²) in [5.74, 6) is -1.57. The second kappa shape index (κ2) is 9.19. The highest BCUT2D eigenvalue weighted by molar-refractivity contribution is 8.00. The van der Waals surface area contributed by atoms with Gasteiger partial charge >= 0.3 is 12.1 Å². The maximum absolute atomic E-state index is 12.9. The lowest BCUT2D eigenvalue weighted by molar-refractivity contribution is -0.147. The van der Waals surface area contributed by atoms with Gasteiger partial charge < -0.3 is 14.6 Å². The number of ether oxygens (including phenoxy) is 1. The van der Waals surface area contributed by atoms with E-state index >= 15 is 0 Å². The van der Waals surface area contributed by atoms with Crippen LogP contribution in [0.2, 0.25) is 0 Å². The van der Waals surface area contributed by atoms with Crippen molar-refractivity contribution in [2.45, 2.75) is 56.6 Å². The van der Waals surface area contributed by atoms with Crippen molar-refractivity contribution in [2.75, 3.05) is 11.9 Å². The number of esters is 1. The minimum Gasteiger partial charge on any atom is -0.462 e. The van der Waals surface area contributed by atoms with E-state index in [0.29, 0.717) is 16.5 Å². The van der Waals surface area contributed by atoms with Crippen LogP contribution in [0.3, 0.4) is 0 Å². The second-order valence-electron chi connectivity index (χ2n) is 7.39. The molecule has 1 N–H and O–H groups in total. The third-order valence-electron chi connectivity index (χ3n) is 4.97. The number of hydrogen-bond donors (Lipinski definition) is 1. The van der Waals surface area contributed by atoms with E-state index in [-0.39, 0.29) is 11.8 Å². The number of carbonyl (C=O) groups is 2. The first kappa shape index (κ1) is 23.6. The van der Waals surface area contributed by atoms with Crippen LogP contribution in [0, 0.1) is 5.92 Å². The van der Waals surface area contributed by atoms with E-state index in [9.17, 15) is 22.8 Å². The van der Waals surface area contributed by atoms with Crippen LogP contribution in [-0.4, -0.2) is 38.5 Å². The Hall–Kier alpha value is -2.08. The van der Waals surface area contributed by atoms with Crippen molar-refractivity contribution in [3.05, 3.63) is 21.8 Å². The molecule has 3 rings (SSSR count). The van der Waals surface area contributed by atoms with Gasteiger partial charge in [0.2, 0.25) is 11.7 Å². The number of halogens is 3. The fourth-order valence-corrected chi connectivity index (χ4v) is 5.56. The van der Waals surface area contributed by atoms with Gasteiger partial charge in [-0.2, -0.15) is 13.2 Å². The zero-order chi connectivity index (χ0) is 22.9. The molecule has 2 atom stereocenters. The molecule has 7 nitrogen and oxygen atoms in total. The third-order valence-corrected chi connectivity index (χ3v) is 7.27. The van der Waals surface area contributed by atoms with Gasteiger partial charge in [-0.05, 0) is 44.6 Å². The lowest BCUT2D eigenvalue weighted by Crippen LogP contribution is -2.24. The fraction of sp³-hybridized carbons (Fsp3) is 0.579. The first-order valence-electron chi connectivity index (χ1n) is 9.78. The molecular formula is C19H23F3N4O3S2. The summed E-state index contributed by atoms with van der Waals surface area (Å²) in [5, 5.41) is 9.12. The number of hydrogen-bond acceptors (Lipinski definition) is 7. The van der Waals surface area contributed by atoms with Crippen LogP contribution in [0.5, 0.6) is 0 Å². The number of nitrogens with one attached hydrogen (secondary N) is 1. The fourth-order valence-electron chi connectivity index (χ4n) is 3.35. The van der Waals surface area contributed by atoms with Gasteiger partial charge in [-0.15, -0.1) is 21.5 Å². The molecule has 2 aromatic heterocycles. The van der Waals surface area contributed by atoms with Crippen molar-refractivity contribution in [3.8, 4) is 0 Å². The molecule has 31 heavy (non-hydrogen) atoms. The van der Waals surface area contributed by atoms with Crippen molar-refractivity contribution in [1.82, 2.24) is 14.8 Å². The largest absolute Gasteiger partial charge is 0.462 e. The molecular weight excluding hydrogens is 453 g/mol. The standard InChI is InChI=1S/C19H23F3N4O3S2/c1-5-29-16(28)13-11-7-6-9(2)8-12(11)31-15(13)23-14(27)10(3)30-18-25-24-17(26(18)4)19(20,21)22/h9-10H,5-8H2,1-4H3,(H,23,27)/t9-,10-/m0/s1. The zero-order valence-corrected chi connectivity index (χ0v) is 19.1. The molecule has 2 heterocycles. The quantitative estimate of drug-likeness (QED) is 0.494. The Labute approximate surface area is 185 Å². The Kier molecular flexibility index (Phi) is 6.99. The Morgan fingerprint density at radius 2 is 2.10 bits per heavy atom. The van der Waals surface area contributed by atoms with Crippen LogP contribution < -0.4 is 5.32 Å². The zero-order valence-electron chi connectivity index (χ0n) is 17.5. The van der Waals surface area contributed by atoms with Gasteiger partial charge in [0.05, 0.1) is 17.4 Å². The smallest absolute Gasteiger partial charge is 0.451 e. The van der Waals surface area contributed by atoms with Crippen LogP contribution in [0.15, 0.2) is 5.16 Å². The number of thiophene rings is 1. The molecule has 0 aliphatic heterocycles. The minimum atomic E-state index is -4.63. The van der Waals surface area contributed by atoms with Gasteiger partial charge in [-0.1, -0.05) is 18.7 Å². The van der Waals surface area contributed by atoms with Gasteiger partial charge in [0.25, 0.3) is 0 Å². The Morgan fingerprint density at radius 1 is 1.39 bits per heavy atom. The third kappa shape index (κ3) is 5.05. The second-order valence-corrected chi connectivity index (χ2v) is 9.80. The molecule has 1 amide bonds. The maximum Gasteiger partial charge on any atom is 0.451 e. The number of nitrogens with zero attached hydrogens (tertiary/aromatic N) is 3. The average molecular weight is 477 g/mol. The van der Waals surface area contributed by atoms with E-state index in [1.54, 1.807) is 13.8 Å². The first-order chi connectivity index (χ1) is 14.5. The summed E-state index contributed by atoms with van der Waals surface area (Å²) < 4.78 is 44.7. The number of alkyl halides is 3. The van der Waals surface area contributed by atoms with E-state index in [4.69, 9.17) is 4.74 Å². The summed E-state index contributed by atoms with van der Waals surface area (Å²) in [6, 6.07) is 0. The van der Waals surface area contributed by atoms with Crippen LogP contribution in [0.1, 0.15) is 53.8 Å². The first-order valence-corrected chi connectivity index (χ1v) is 11.5. The lowest BCUT2D eigenvalue weighted by atomic mass is 9.88. The molecule has 0 radical (unpaired) electrons. The summed E-state index contributed by atoms with van der Waals surface area (Å²) in [5.41, 5.74) is 1.30. The highest BCUT2D eigenvalue weighted by atomic mass is 32.2. The van der Waals surface area contributed by atoms with Crippen molar-refractivity contribution < 1.29 is 27.5 Å². The molecule has 0 saturated heterocycles. The van der Waals surface area contributed by atoms with E-state index in [1.165, 1.54) is 18.4 Å². The van der Waals surface area contributed by atoms with Gasteiger partial charge in [0, 0.05) is 11.9 Å². The summed E-state index contributed by atoms with van der Waals surface area (Å²) in [4.78, 5) is 26.4. The number of rotatable bonds is 6. The molecule has 12 heteroatoms. The van der Waals surface area contributed by atoms with Crippen molar-refractivity contribution in [2.24, 2.45) is 13.0 Å². The number of fused-ring (bicyclic) bond motifs is 1. The number of amides is 1. The molecule has 0 fully saturated rings. The predicted octanol–water partition coefficient (Wildman–Crippen LogP) is 4.32. The van der Waals surface area contributed by atoms with Crippen LogP contribution in [0.25, 0.3) is 0 Å². The normalized spacial score (nSPS) is 17.2. The average Bonchev–Trinajstić information content (AvgIpc) is 3.21. The van der Waals surface area contributed by atoms with E-state index in [2.05, 4.69) is 22.4 Å². The summed E-state index contributed by atoms with van der Waals surface area (Å²) in [6.07, 6.45) is -2.12. The molecule has 0 unspecified atom stereocenters. The summed E-state index contributed by atoms with van der Waals surface area (Å²) in [7, 11) is 1.20. The van der Waals surface area contributed by atoms with Gasteiger partial charge in [0.15, 0.2) is 5.16 Å². The number of thioether (sulfide) groups is 1. The van der Waals surface area contributed by atoms with Crippen LogP contribution in [0.4, 0.5) is 18.2 Å². The van der Waals surface area contributed by atoms with Gasteiger partial charge in [-0.3, -0.25) is 4.79 Å². The Bertz CT molecular complexity index is 987. The molecule has 0 saturated carbocycles. The number of anilines is 1. The topological polar surface area (TPSA) is 86.1 Å². The van der Waals surface area contributed by atoms with Crippen molar-refractivity contribution in [1.29, 1.82) is 0 Å². The van der Waals surface area contributed by atoms with Crippen molar-refractivity contribution >= 4 is 40.0 Å². The highest BCUT2D eigenvalue weighted by Crippen LogP contribution is 2.40. The molecule has 0 bridgehead atoms. The molecule has 0 spiro atoms. The highest BCUT2D eigenvalue weighted by Gasteiger charge is 2.38. The minimum absolute atomic E-state index is 0.0279. The molecule has 0 aromatic carbocycles. The summed E-state index contributed by atoms with van der Waals surface area (Å²) >= 11 is 2.22. The van der Waals surface area contributed by atoms with Crippen molar-refractivity contribution in [3.63, 3.8) is 0 Å². The number of aromatic nitrogens is 3. The Morgan fingerprint density at radius 3 is 2.71 bits per heavy atom. The van der Waals surface area contributed by atoms with Crippen LogP contribution in [-0.2, 0) is 35.6 Å². The predicted molar refractivity (Wildman–Crippen MR) is 111 cm³/mol. The Balaban J connectivity index is 1.80. The van der Waals surface area contributed by atoms with Gasteiger partial charge in [0.1, 0.15) is 5.00 Å². The molecule has 170 valence electrons. The maximum atomic E-state index is 12.9. The van der Waals surface area contributed by atoms with Crippen LogP contribution >= 0.6 is 23.1 Å². The molecule has 1 aliphatic rings. The van der Waals surface area contributed by atoms with E-state index in [0.717, 1.165) is 46.0 Å². The summed E-state index contributed by atoms with van der Waals surface area (Å²) in [6.45, 7) is 5.63. The van der Waals surface area contributed by atoms with Gasteiger partial charge in [-0.25, -0.2) is 4.79 Å². The SMILES string of the molecule is CCOC(=O)c1c(NC(=O)[C@H](C)Sc2nnc(C(F)(F)F)n2C)sc2c1CC[C@H](C)C2. The monoisotopic (exact) mass is 476 g/mol.